The second-order valence-electron chi connectivity index (χ2n) is 13.1. The first-order valence-electron chi connectivity index (χ1n) is 18.3. The summed E-state index contributed by atoms with van der Waals surface area (Å²) in [5, 5.41) is 0. The van der Waals surface area contributed by atoms with Crippen LogP contribution in [0.1, 0.15) is 217 Å². The van der Waals surface area contributed by atoms with Gasteiger partial charge in [0.05, 0.1) is 0 Å². The summed E-state index contributed by atoms with van der Waals surface area (Å²) < 4.78 is 0. The molecule has 1 aromatic rings. The summed E-state index contributed by atoms with van der Waals surface area (Å²) in [6.07, 6.45) is 40.1. The molecule has 0 radical (unpaired) electrons. The lowest BCUT2D eigenvalue weighted by Gasteiger charge is -2.18. The van der Waals surface area contributed by atoms with Gasteiger partial charge in [-0.05, 0) is 48.3 Å². The Kier molecular flexibility index (Phi) is 25.5. The molecule has 0 heteroatoms. The quantitative estimate of drug-likeness (QED) is 0.0886. The second-order valence-corrected chi connectivity index (χ2v) is 13.1. The number of hydrogen-bond donors (Lipinski definition) is 0. The van der Waals surface area contributed by atoms with Gasteiger partial charge < -0.3 is 0 Å². The van der Waals surface area contributed by atoms with E-state index in [4.69, 9.17) is 0 Å². The molecule has 1 aromatic carbocycles. The molecular formula is C39H72. The molecule has 228 valence electrons. The van der Waals surface area contributed by atoms with Crippen LogP contribution in [-0.2, 0) is 12.8 Å². The molecular weight excluding hydrogens is 468 g/mol. The van der Waals surface area contributed by atoms with Gasteiger partial charge in [0.1, 0.15) is 0 Å². The average molecular weight is 541 g/mol. The summed E-state index contributed by atoms with van der Waals surface area (Å²) in [4.78, 5) is 0. The number of rotatable bonds is 29. The van der Waals surface area contributed by atoms with E-state index < -0.39 is 0 Å². The zero-order chi connectivity index (χ0) is 28.2. The first-order valence-corrected chi connectivity index (χ1v) is 18.3. The zero-order valence-corrected chi connectivity index (χ0v) is 27.6. The molecule has 0 fully saturated rings. The molecule has 0 nitrogen and oxygen atoms in total. The zero-order valence-electron chi connectivity index (χ0n) is 27.6. The third-order valence-electron chi connectivity index (χ3n) is 9.01. The molecule has 0 aliphatic carbocycles. The maximum atomic E-state index is 2.45. The van der Waals surface area contributed by atoms with Crippen LogP contribution in [0.25, 0.3) is 0 Å². The predicted octanol–water partition coefficient (Wildman–Crippen LogP) is 14.1. The maximum absolute atomic E-state index is 2.45. The fraction of sp³-hybridized carbons (Fsp3) is 0.846. The lowest BCUT2D eigenvalue weighted by molar-refractivity contribution is 0.535. The monoisotopic (exact) mass is 541 g/mol. The highest BCUT2D eigenvalue weighted by Crippen LogP contribution is 2.27. The van der Waals surface area contributed by atoms with Gasteiger partial charge in [-0.2, -0.15) is 0 Å². The van der Waals surface area contributed by atoms with Crippen LogP contribution in [0.3, 0.4) is 0 Å². The van der Waals surface area contributed by atoms with Crippen molar-refractivity contribution in [2.24, 2.45) is 0 Å². The van der Waals surface area contributed by atoms with E-state index in [-0.39, 0.29) is 0 Å². The van der Waals surface area contributed by atoms with Crippen LogP contribution in [0.5, 0.6) is 0 Å². The van der Waals surface area contributed by atoms with Crippen LogP contribution in [0.15, 0.2) is 18.2 Å². The lowest BCUT2D eigenvalue weighted by Crippen LogP contribution is -2.03. The third-order valence-corrected chi connectivity index (χ3v) is 9.01. The minimum atomic E-state index is 0.647. The summed E-state index contributed by atoms with van der Waals surface area (Å²) in [5.41, 5.74) is 5.01. The number of aryl methyl sites for hydroxylation is 1. The van der Waals surface area contributed by atoms with Crippen LogP contribution >= 0.6 is 0 Å². The second kappa shape index (κ2) is 27.4. The highest BCUT2D eigenvalue weighted by molar-refractivity contribution is 5.37. The van der Waals surface area contributed by atoms with E-state index in [1.807, 2.05) is 0 Å². The van der Waals surface area contributed by atoms with Crippen molar-refractivity contribution in [3.63, 3.8) is 0 Å². The van der Waals surface area contributed by atoms with Crippen molar-refractivity contribution in [3.8, 4) is 0 Å². The van der Waals surface area contributed by atoms with Crippen LogP contribution in [0, 0.1) is 0 Å². The van der Waals surface area contributed by atoms with Gasteiger partial charge >= 0.3 is 0 Å². The van der Waals surface area contributed by atoms with Crippen molar-refractivity contribution in [2.75, 3.05) is 0 Å². The van der Waals surface area contributed by atoms with Crippen molar-refractivity contribution in [2.45, 2.75) is 213 Å². The number of hydrogen-bond acceptors (Lipinski definition) is 0. The van der Waals surface area contributed by atoms with Gasteiger partial charge in [0.2, 0.25) is 0 Å². The fourth-order valence-electron chi connectivity index (χ4n) is 6.39. The molecule has 0 saturated carbocycles. The molecule has 0 saturated heterocycles. The molecule has 0 amide bonds. The van der Waals surface area contributed by atoms with Crippen LogP contribution in [0.4, 0.5) is 0 Å². The topological polar surface area (TPSA) is 0 Å². The smallest absolute Gasteiger partial charge is 0.0216 e. The molecule has 0 spiro atoms. The molecule has 0 atom stereocenters. The van der Waals surface area contributed by atoms with Crippen LogP contribution in [-0.4, -0.2) is 0 Å². The first kappa shape index (κ1) is 36.2. The van der Waals surface area contributed by atoms with E-state index in [9.17, 15) is 0 Å². The van der Waals surface area contributed by atoms with Gasteiger partial charge in [-0.25, -0.2) is 0 Å². The highest BCUT2D eigenvalue weighted by atomic mass is 14.2. The molecule has 1 rings (SSSR count). The molecule has 0 aliphatic heterocycles. The summed E-state index contributed by atoms with van der Waals surface area (Å²) in [6, 6.07) is 7.19. The minimum Gasteiger partial charge on any atom is -0.0654 e. The van der Waals surface area contributed by atoms with Crippen molar-refractivity contribution in [3.05, 3.63) is 34.9 Å². The van der Waals surface area contributed by atoms with Crippen LogP contribution < -0.4 is 0 Å². The van der Waals surface area contributed by atoms with Crippen molar-refractivity contribution < 1.29 is 0 Å². The van der Waals surface area contributed by atoms with Crippen molar-refractivity contribution in [1.82, 2.24) is 0 Å². The van der Waals surface area contributed by atoms with Gasteiger partial charge in [0.25, 0.3) is 0 Å². The Bertz CT molecular complexity index is 627. The summed E-state index contributed by atoms with van der Waals surface area (Å²) >= 11 is 0. The third kappa shape index (κ3) is 20.7. The largest absolute Gasteiger partial charge is 0.0654 e. The SMILES string of the molecule is CCCCCCCCCCCCCCCCc1c(CCCCCCCCCCCCCC)cccc1C(C)C. The van der Waals surface area contributed by atoms with Gasteiger partial charge in [0.15, 0.2) is 0 Å². The molecule has 0 N–H and O–H groups in total. The van der Waals surface area contributed by atoms with Crippen LogP contribution in [0.2, 0.25) is 0 Å². The number of benzene rings is 1. The molecule has 0 bridgehead atoms. The Hall–Kier alpha value is -0.780. The van der Waals surface area contributed by atoms with Crippen molar-refractivity contribution in [1.29, 1.82) is 0 Å². The van der Waals surface area contributed by atoms with E-state index in [1.165, 1.54) is 180 Å². The van der Waals surface area contributed by atoms with E-state index in [0.29, 0.717) is 5.92 Å². The highest BCUT2D eigenvalue weighted by Gasteiger charge is 2.11. The Morgan fingerprint density at radius 3 is 1.10 bits per heavy atom. The van der Waals surface area contributed by atoms with Gasteiger partial charge in [-0.3, -0.25) is 0 Å². The maximum Gasteiger partial charge on any atom is -0.0216 e. The normalized spacial score (nSPS) is 11.6. The van der Waals surface area contributed by atoms with Crippen molar-refractivity contribution >= 4 is 0 Å². The summed E-state index contributed by atoms with van der Waals surface area (Å²) in [6.45, 7) is 9.39. The Balaban J connectivity index is 2.15. The fourth-order valence-corrected chi connectivity index (χ4v) is 6.39. The molecule has 0 heterocycles. The average Bonchev–Trinajstić information content (AvgIpc) is 2.94. The Morgan fingerprint density at radius 1 is 0.410 bits per heavy atom. The van der Waals surface area contributed by atoms with E-state index in [2.05, 4.69) is 45.9 Å². The van der Waals surface area contributed by atoms with Gasteiger partial charge in [-0.15, -0.1) is 0 Å². The number of unbranched alkanes of at least 4 members (excludes halogenated alkanes) is 24. The molecule has 0 aromatic heterocycles. The molecule has 0 unspecified atom stereocenters. The standard InChI is InChI=1S/C39H72/c1-5-7-9-11-13-15-17-19-20-22-24-26-28-30-34-39-37(33-31-35-38(39)36(3)4)32-29-27-25-23-21-18-16-14-12-10-8-6-2/h31,33,35-36H,5-30,32,34H2,1-4H3. The predicted molar refractivity (Wildman–Crippen MR) is 179 cm³/mol. The van der Waals surface area contributed by atoms with Gasteiger partial charge in [0, 0.05) is 0 Å². The molecule has 0 aliphatic rings. The summed E-state index contributed by atoms with van der Waals surface area (Å²) in [5.74, 6) is 0.647. The minimum absolute atomic E-state index is 0.647. The Morgan fingerprint density at radius 2 is 0.744 bits per heavy atom. The van der Waals surface area contributed by atoms with E-state index >= 15 is 0 Å². The Labute approximate surface area is 247 Å². The van der Waals surface area contributed by atoms with Gasteiger partial charge in [-0.1, -0.05) is 200 Å². The summed E-state index contributed by atoms with van der Waals surface area (Å²) in [7, 11) is 0. The molecule has 39 heavy (non-hydrogen) atoms. The van der Waals surface area contributed by atoms with E-state index in [1.54, 1.807) is 16.7 Å². The van der Waals surface area contributed by atoms with E-state index in [0.717, 1.165) is 0 Å². The lowest BCUT2D eigenvalue weighted by atomic mass is 9.88. The first-order chi connectivity index (χ1) is 19.2.